The van der Waals surface area contributed by atoms with Crippen LogP contribution in [0.2, 0.25) is 0 Å². The van der Waals surface area contributed by atoms with Crippen molar-refractivity contribution in [3.05, 3.63) is 11.6 Å². The molecule has 154 valence electrons. The Hall–Kier alpha value is -0.590. The van der Waals surface area contributed by atoms with Gasteiger partial charge in [0.2, 0.25) is 0 Å². The first-order chi connectivity index (χ1) is 12.8. The number of hydrogen-bond donors (Lipinski definition) is 0. The van der Waals surface area contributed by atoms with E-state index in [0.29, 0.717) is 28.4 Å². The summed E-state index contributed by atoms with van der Waals surface area (Å²) in [7, 11) is 0. The van der Waals surface area contributed by atoms with Crippen LogP contribution in [0.1, 0.15) is 106 Å². The Bertz CT molecular complexity index is 575. The van der Waals surface area contributed by atoms with Crippen LogP contribution in [0, 0.1) is 40.4 Å². The molecule has 3 rings (SSSR count). The van der Waals surface area contributed by atoms with Crippen molar-refractivity contribution in [2.24, 2.45) is 40.4 Å². The summed E-state index contributed by atoms with van der Waals surface area (Å²) >= 11 is 0. The van der Waals surface area contributed by atoms with Crippen LogP contribution in [0.25, 0.3) is 0 Å². The van der Waals surface area contributed by atoms with Crippen molar-refractivity contribution in [2.45, 2.75) is 106 Å². The summed E-state index contributed by atoms with van der Waals surface area (Å²) in [6.45, 7) is 15.0. The van der Waals surface area contributed by atoms with Crippen molar-refractivity contribution < 1.29 is 4.79 Å². The van der Waals surface area contributed by atoms with Crippen molar-refractivity contribution >= 4 is 5.78 Å². The standard InChI is InChI=1S/C26H44O/c1-7-9-10-18(3)23(8-2)25(5)16-14-24-22(19(25)4)12-11-20-17-21(27)13-15-26(20,24)6/h12,18-20,23-24H,7-11,13-17H2,1-6H3. The van der Waals surface area contributed by atoms with E-state index in [2.05, 4.69) is 47.6 Å². The molecular formula is C26H44O. The Morgan fingerprint density at radius 3 is 2.63 bits per heavy atom. The second-order valence-corrected chi connectivity index (χ2v) is 10.8. The summed E-state index contributed by atoms with van der Waals surface area (Å²) in [5.74, 6) is 4.21. The zero-order valence-corrected chi connectivity index (χ0v) is 18.9. The van der Waals surface area contributed by atoms with Crippen LogP contribution in [0.5, 0.6) is 0 Å². The van der Waals surface area contributed by atoms with Gasteiger partial charge in [-0.05, 0) is 66.1 Å². The number of unbranched alkanes of at least 4 members (excludes halogenated alkanes) is 1. The van der Waals surface area contributed by atoms with Gasteiger partial charge < -0.3 is 0 Å². The van der Waals surface area contributed by atoms with Crippen molar-refractivity contribution in [3.63, 3.8) is 0 Å². The molecule has 7 unspecified atom stereocenters. The zero-order valence-electron chi connectivity index (χ0n) is 18.9. The Kier molecular flexibility index (Phi) is 6.29. The van der Waals surface area contributed by atoms with Crippen LogP contribution >= 0.6 is 0 Å². The Morgan fingerprint density at radius 1 is 1.22 bits per heavy atom. The fourth-order valence-corrected chi connectivity index (χ4v) is 7.62. The van der Waals surface area contributed by atoms with Crippen molar-refractivity contribution in [3.8, 4) is 0 Å². The van der Waals surface area contributed by atoms with Gasteiger partial charge in [-0.1, -0.05) is 78.9 Å². The molecule has 3 aliphatic carbocycles. The molecule has 0 radical (unpaired) electrons. The minimum absolute atomic E-state index is 0.378. The summed E-state index contributed by atoms with van der Waals surface area (Å²) in [5.41, 5.74) is 2.60. The lowest BCUT2D eigenvalue weighted by atomic mass is 9.46. The van der Waals surface area contributed by atoms with E-state index in [1.54, 1.807) is 5.57 Å². The molecule has 0 spiro atoms. The minimum Gasteiger partial charge on any atom is -0.300 e. The molecule has 0 aromatic heterocycles. The molecule has 0 aliphatic heterocycles. The van der Waals surface area contributed by atoms with Gasteiger partial charge >= 0.3 is 0 Å². The lowest BCUT2D eigenvalue weighted by Gasteiger charge is -2.58. The predicted octanol–water partition coefficient (Wildman–Crippen LogP) is 7.60. The maximum Gasteiger partial charge on any atom is 0.133 e. The van der Waals surface area contributed by atoms with E-state index < -0.39 is 0 Å². The van der Waals surface area contributed by atoms with E-state index in [1.807, 2.05) is 0 Å². The maximum absolute atomic E-state index is 12.1. The monoisotopic (exact) mass is 372 g/mol. The summed E-state index contributed by atoms with van der Waals surface area (Å²) < 4.78 is 0. The van der Waals surface area contributed by atoms with Crippen LogP contribution in [-0.4, -0.2) is 5.78 Å². The van der Waals surface area contributed by atoms with E-state index >= 15 is 0 Å². The van der Waals surface area contributed by atoms with E-state index in [-0.39, 0.29) is 0 Å². The fraction of sp³-hybridized carbons (Fsp3) is 0.885. The number of hydrogen-bond acceptors (Lipinski definition) is 1. The molecule has 0 heterocycles. The largest absolute Gasteiger partial charge is 0.300 e. The van der Waals surface area contributed by atoms with E-state index in [9.17, 15) is 4.79 Å². The van der Waals surface area contributed by atoms with Gasteiger partial charge in [0.15, 0.2) is 0 Å². The highest BCUT2D eigenvalue weighted by atomic mass is 16.1. The first-order valence-corrected chi connectivity index (χ1v) is 12.0. The molecular weight excluding hydrogens is 328 g/mol. The predicted molar refractivity (Wildman–Crippen MR) is 116 cm³/mol. The lowest BCUT2D eigenvalue weighted by molar-refractivity contribution is -0.127. The van der Waals surface area contributed by atoms with Gasteiger partial charge in [-0.2, -0.15) is 0 Å². The number of fused-ring (bicyclic) bond motifs is 3. The SMILES string of the molecule is CCCCC(C)C(CC)C1(C)CCC2C(=CCC3CC(=O)CCC32C)C1C. The molecule has 3 aliphatic rings. The van der Waals surface area contributed by atoms with E-state index in [0.717, 1.165) is 43.4 Å². The van der Waals surface area contributed by atoms with Crippen LogP contribution in [0.15, 0.2) is 11.6 Å². The number of allylic oxidation sites excluding steroid dienone is 2. The summed E-state index contributed by atoms with van der Waals surface area (Å²) in [5, 5.41) is 0. The third-order valence-electron chi connectivity index (χ3n) is 9.63. The zero-order chi connectivity index (χ0) is 19.8. The topological polar surface area (TPSA) is 17.1 Å². The molecule has 2 fully saturated rings. The average Bonchev–Trinajstić information content (AvgIpc) is 2.64. The molecule has 1 heteroatoms. The highest BCUT2D eigenvalue weighted by Crippen LogP contribution is 2.62. The van der Waals surface area contributed by atoms with Crippen LogP contribution in [0.4, 0.5) is 0 Å². The molecule has 0 amide bonds. The summed E-state index contributed by atoms with van der Waals surface area (Å²) in [6, 6.07) is 0. The molecule has 1 nitrogen and oxygen atoms in total. The van der Waals surface area contributed by atoms with E-state index in [1.165, 1.54) is 38.5 Å². The second-order valence-electron chi connectivity index (χ2n) is 10.8. The minimum atomic E-state index is 0.378. The quantitative estimate of drug-likeness (QED) is 0.439. The first-order valence-electron chi connectivity index (χ1n) is 12.0. The van der Waals surface area contributed by atoms with Crippen LogP contribution in [0.3, 0.4) is 0 Å². The van der Waals surface area contributed by atoms with Crippen LogP contribution < -0.4 is 0 Å². The molecule has 0 bridgehead atoms. The van der Waals surface area contributed by atoms with Gasteiger partial charge in [0.05, 0.1) is 0 Å². The van der Waals surface area contributed by atoms with Gasteiger partial charge in [0.25, 0.3) is 0 Å². The molecule has 27 heavy (non-hydrogen) atoms. The third-order valence-corrected chi connectivity index (χ3v) is 9.63. The lowest BCUT2D eigenvalue weighted by Crippen LogP contribution is -2.50. The highest BCUT2D eigenvalue weighted by molar-refractivity contribution is 5.79. The average molecular weight is 373 g/mol. The first kappa shape index (κ1) is 21.1. The number of Topliss-reactive ketones (excluding diaryl/α,β-unsaturated/α-hetero) is 1. The molecule has 2 saturated carbocycles. The molecule has 0 saturated heterocycles. The van der Waals surface area contributed by atoms with Gasteiger partial charge in [-0.25, -0.2) is 0 Å². The number of rotatable bonds is 6. The normalized spacial score (nSPS) is 41.3. The highest BCUT2D eigenvalue weighted by Gasteiger charge is 2.54. The van der Waals surface area contributed by atoms with Gasteiger partial charge in [-0.15, -0.1) is 0 Å². The molecule has 7 atom stereocenters. The Labute approximate surface area is 168 Å². The van der Waals surface area contributed by atoms with Gasteiger partial charge in [0.1, 0.15) is 5.78 Å². The number of ketones is 1. The van der Waals surface area contributed by atoms with Crippen molar-refractivity contribution in [2.75, 3.05) is 0 Å². The van der Waals surface area contributed by atoms with Crippen molar-refractivity contribution in [1.82, 2.24) is 0 Å². The van der Waals surface area contributed by atoms with Gasteiger partial charge in [0, 0.05) is 12.8 Å². The molecule has 0 aromatic carbocycles. The summed E-state index contributed by atoms with van der Waals surface area (Å²) in [6.07, 6.45) is 14.7. The van der Waals surface area contributed by atoms with E-state index in [4.69, 9.17) is 0 Å². The summed E-state index contributed by atoms with van der Waals surface area (Å²) in [4.78, 5) is 12.1. The fourth-order valence-electron chi connectivity index (χ4n) is 7.62. The number of carbonyl (C=O) groups excluding carboxylic acids is 1. The van der Waals surface area contributed by atoms with Crippen molar-refractivity contribution in [1.29, 1.82) is 0 Å². The second kappa shape index (κ2) is 8.03. The third kappa shape index (κ3) is 3.58. The maximum atomic E-state index is 12.1. The molecule has 0 aromatic rings. The molecule has 0 N–H and O–H groups in total. The Balaban J connectivity index is 1.85. The Morgan fingerprint density at radius 2 is 1.96 bits per heavy atom. The number of carbonyl (C=O) groups is 1. The van der Waals surface area contributed by atoms with Crippen LogP contribution in [-0.2, 0) is 4.79 Å². The smallest absolute Gasteiger partial charge is 0.133 e. The van der Waals surface area contributed by atoms with Gasteiger partial charge in [-0.3, -0.25) is 4.79 Å².